The number of hydrogen-bond donors (Lipinski definition) is 5. The van der Waals surface area contributed by atoms with Gasteiger partial charge in [-0.25, -0.2) is 9.59 Å². The van der Waals surface area contributed by atoms with Crippen LogP contribution >= 0.6 is 0 Å². The predicted molar refractivity (Wildman–Crippen MR) is 168 cm³/mol. The number of nitrogens with one attached hydrogen (secondary N) is 3. The van der Waals surface area contributed by atoms with Gasteiger partial charge in [-0.2, -0.15) is 0 Å². The lowest BCUT2D eigenvalue weighted by Gasteiger charge is -2.33. The van der Waals surface area contributed by atoms with Crippen LogP contribution in [0.15, 0.2) is 54.6 Å². The van der Waals surface area contributed by atoms with E-state index in [1.165, 1.54) is 11.9 Å². The second kappa shape index (κ2) is 15.8. The number of carbonyl (C=O) groups excluding carboxylic acids is 4. The van der Waals surface area contributed by atoms with Gasteiger partial charge in [-0.05, 0) is 47.9 Å². The molecular weight excluding hydrogens is 580 g/mol. The fraction of sp³-hybridized carbons (Fsp3) is 0.469. The number of nitrogen functional groups attached to an aromatic ring is 1. The van der Waals surface area contributed by atoms with Gasteiger partial charge in [0, 0.05) is 25.8 Å². The molecule has 1 aliphatic rings. The van der Waals surface area contributed by atoms with Gasteiger partial charge in [-0.15, -0.1) is 0 Å². The zero-order valence-electron chi connectivity index (χ0n) is 26.2. The van der Waals surface area contributed by atoms with Crippen LogP contribution in [0.25, 0.3) is 0 Å². The van der Waals surface area contributed by atoms with Gasteiger partial charge in [0.05, 0.1) is 6.54 Å². The maximum Gasteiger partial charge on any atom is 0.407 e. The minimum Gasteiger partial charge on any atom is -0.465 e. The van der Waals surface area contributed by atoms with E-state index in [0.29, 0.717) is 18.5 Å². The van der Waals surface area contributed by atoms with E-state index in [2.05, 4.69) is 16.0 Å². The summed E-state index contributed by atoms with van der Waals surface area (Å²) in [6.45, 7) is 5.74. The predicted octanol–water partition coefficient (Wildman–Crippen LogP) is 2.70. The van der Waals surface area contributed by atoms with Crippen LogP contribution in [0.2, 0.25) is 0 Å². The number of likely N-dealkylation sites (tertiary alicyclic amines) is 1. The van der Waals surface area contributed by atoms with Crippen LogP contribution in [0.4, 0.5) is 15.3 Å². The zero-order valence-corrected chi connectivity index (χ0v) is 26.2. The largest absolute Gasteiger partial charge is 0.465 e. The zero-order chi connectivity index (χ0) is 33.1. The Morgan fingerprint density at radius 1 is 1.04 bits per heavy atom. The lowest BCUT2D eigenvalue weighted by Crippen LogP contribution is -2.59. The molecule has 0 aliphatic carbocycles. The summed E-state index contributed by atoms with van der Waals surface area (Å²) in [5.74, 6) is -1.64. The van der Waals surface area contributed by atoms with Gasteiger partial charge in [0.2, 0.25) is 17.7 Å². The third kappa shape index (κ3) is 10.7. The number of ether oxygens (including phenoxy) is 1. The number of likely N-dealkylation sites (N-methyl/N-ethyl adjacent to an activating group) is 1. The van der Waals surface area contributed by atoms with Crippen molar-refractivity contribution in [3.8, 4) is 0 Å². The monoisotopic (exact) mass is 624 g/mol. The highest BCUT2D eigenvalue weighted by molar-refractivity contribution is 5.94. The molecule has 0 radical (unpaired) electrons. The summed E-state index contributed by atoms with van der Waals surface area (Å²) in [6, 6.07) is 12.9. The Kier molecular flexibility index (Phi) is 12.2. The fourth-order valence-corrected chi connectivity index (χ4v) is 5.06. The van der Waals surface area contributed by atoms with Gasteiger partial charge in [0.15, 0.2) is 0 Å². The topological polar surface area (TPSA) is 183 Å². The summed E-state index contributed by atoms with van der Waals surface area (Å²) in [6.07, 6.45) is -0.966. The molecule has 13 nitrogen and oxygen atoms in total. The van der Waals surface area contributed by atoms with Crippen molar-refractivity contribution in [2.24, 2.45) is 5.41 Å². The minimum atomic E-state index is -1.30. The molecule has 3 atom stereocenters. The van der Waals surface area contributed by atoms with E-state index in [0.717, 1.165) is 16.0 Å². The normalized spacial score (nSPS) is 15.8. The Morgan fingerprint density at radius 2 is 1.73 bits per heavy atom. The molecule has 2 aromatic carbocycles. The summed E-state index contributed by atoms with van der Waals surface area (Å²) >= 11 is 0. The minimum absolute atomic E-state index is 0.00383. The molecule has 0 bridgehead atoms. The smallest absolute Gasteiger partial charge is 0.407 e. The number of nitrogens with two attached hydrogens (primary N) is 1. The number of benzene rings is 2. The van der Waals surface area contributed by atoms with E-state index in [-0.39, 0.29) is 38.6 Å². The van der Waals surface area contributed by atoms with Crippen molar-refractivity contribution < 1.29 is 33.8 Å². The molecule has 0 spiro atoms. The first-order valence-electron chi connectivity index (χ1n) is 14.9. The first-order chi connectivity index (χ1) is 21.2. The van der Waals surface area contributed by atoms with Crippen molar-refractivity contribution in [1.29, 1.82) is 0 Å². The van der Waals surface area contributed by atoms with Gasteiger partial charge in [0.25, 0.3) is 0 Å². The molecule has 0 aromatic heterocycles. The van der Waals surface area contributed by atoms with Crippen molar-refractivity contribution in [3.05, 3.63) is 65.7 Å². The second-order valence-corrected chi connectivity index (χ2v) is 12.3. The van der Waals surface area contributed by atoms with E-state index in [1.807, 2.05) is 32.9 Å². The lowest BCUT2D eigenvalue weighted by atomic mass is 9.87. The molecule has 6 N–H and O–H groups in total. The van der Waals surface area contributed by atoms with Crippen LogP contribution < -0.4 is 21.7 Å². The number of rotatable bonds is 12. The van der Waals surface area contributed by atoms with E-state index in [4.69, 9.17) is 10.5 Å². The van der Waals surface area contributed by atoms with Gasteiger partial charge in [-0.1, -0.05) is 63.2 Å². The average Bonchev–Trinajstić information content (AvgIpc) is 3.49. The number of carboxylic acid groups (broad SMARTS) is 1. The maximum atomic E-state index is 13.9. The highest BCUT2D eigenvalue weighted by atomic mass is 16.5. The first-order valence-corrected chi connectivity index (χ1v) is 14.9. The van der Waals surface area contributed by atoms with Crippen molar-refractivity contribution >= 4 is 35.6 Å². The molecule has 1 fully saturated rings. The van der Waals surface area contributed by atoms with Crippen molar-refractivity contribution in [1.82, 2.24) is 25.8 Å². The fourth-order valence-electron chi connectivity index (χ4n) is 5.06. The van der Waals surface area contributed by atoms with Crippen molar-refractivity contribution in [2.75, 3.05) is 25.9 Å². The quantitative estimate of drug-likeness (QED) is 0.223. The number of alkyl carbamates (subject to hydrolysis) is 1. The molecule has 45 heavy (non-hydrogen) atoms. The Hall–Kier alpha value is -4.81. The van der Waals surface area contributed by atoms with Crippen molar-refractivity contribution in [3.63, 3.8) is 0 Å². The SMILES string of the molecule is CN(C(=O)O)[C@@H](CC(C)(C)C)C(=O)N[C@@H](CNC(=O)OCc1ccccc1)C(=O)N1CCC[C@H]1C(=O)NCc1cccc(N)c1. The number of nitrogens with zero attached hydrogens (tertiary/aromatic N) is 2. The van der Waals surface area contributed by atoms with E-state index in [9.17, 15) is 29.1 Å². The Balaban J connectivity index is 1.76. The van der Waals surface area contributed by atoms with Crippen LogP contribution in [0, 0.1) is 5.41 Å². The van der Waals surface area contributed by atoms with Crippen LogP contribution in [-0.2, 0) is 32.3 Å². The number of carbonyl (C=O) groups is 5. The Bertz CT molecular complexity index is 1350. The molecule has 244 valence electrons. The van der Waals surface area contributed by atoms with Gasteiger partial charge < -0.3 is 36.4 Å². The molecule has 2 aromatic rings. The molecule has 3 rings (SSSR count). The number of anilines is 1. The lowest BCUT2D eigenvalue weighted by molar-refractivity contribution is -0.142. The Labute approximate surface area is 263 Å². The van der Waals surface area contributed by atoms with Crippen LogP contribution in [0.1, 0.15) is 51.2 Å². The maximum absolute atomic E-state index is 13.9. The molecule has 0 saturated carbocycles. The van der Waals surface area contributed by atoms with E-state index < -0.39 is 47.5 Å². The summed E-state index contributed by atoms with van der Waals surface area (Å²) in [5, 5.41) is 17.7. The third-order valence-electron chi connectivity index (χ3n) is 7.41. The summed E-state index contributed by atoms with van der Waals surface area (Å²) in [4.78, 5) is 67.3. The van der Waals surface area contributed by atoms with Gasteiger partial charge in [-0.3, -0.25) is 19.3 Å². The third-order valence-corrected chi connectivity index (χ3v) is 7.41. The first kappa shape index (κ1) is 34.7. The van der Waals surface area contributed by atoms with Crippen molar-refractivity contribution in [2.45, 2.75) is 71.3 Å². The summed E-state index contributed by atoms with van der Waals surface area (Å²) in [5.41, 5.74) is 7.54. The van der Waals surface area contributed by atoms with Gasteiger partial charge >= 0.3 is 12.2 Å². The molecule has 5 amide bonds. The number of hydrogen-bond acceptors (Lipinski definition) is 7. The van der Waals surface area contributed by atoms with Crippen LogP contribution in [0.3, 0.4) is 0 Å². The standard InChI is InChI=1S/C32H44N6O7/c1-32(2,3)17-26(37(4)31(43)44)28(40)36-24(19-35-30(42)45-20-21-10-6-5-7-11-21)29(41)38-15-9-14-25(38)27(39)34-18-22-12-8-13-23(33)16-22/h5-8,10-13,16,24-26H,9,14-15,17-20,33H2,1-4H3,(H,34,39)(H,35,42)(H,36,40)(H,43,44)/t24-,25-,26-/m0/s1. The molecule has 1 aliphatic heterocycles. The van der Waals surface area contributed by atoms with E-state index in [1.54, 1.807) is 42.5 Å². The highest BCUT2D eigenvalue weighted by Crippen LogP contribution is 2.24. The van der Waals surface area contributed by atoms with Crippen LogP contribution in [0.5, 0.6) is 0 Å². The summed E-state index contributed by atoms with van der Waals surface area (Å²) in [7, 11) is 1.29. The Morgan fingerprint density at radius 3 is 2.38 bits per heavy atom. The summed E-state index contributed by atoms with van der Waals surface area (Å²) < 4.78 is 5.27. The van der Waals surface area contributed by atoms with Crippen LogP contribution in [-0.4, -0.2) is 83.1 Å². The average molecular weight is 625 g/mol. The van der Waals surface area contributed by atoms with E-state index >= 15 is 0 Å². The highest BCUT2D eigenvalue weighted by Gasteiger charge is 2.39. The number of amides is 5. The van der Waals surface area contributed by atoms with Gasteiger partial charge in [0.1, 0.15) is 24.7 Å². The second-order valence-electron chi connectivity index (χ2n) is 12.3. The molecule has 1 heterocycles. The molecular formula is C32H44N6O7. The molecule has 0 unspecified atom stereocenters. The molecule has 13 heteroatoms. The molecule has 1 saturated heterocycles.